The van der Waals surface area contributed by atoms with E-state index in [9.17, 15) is 5.26 Å². The number of aromatic nitrogens is 2. The highest BCUT2D eigenvalue weighted by Gasteiger charge is 2.12. The highest BCUT2D eigenvalue weighted by molar-refractivity contribution is 5.97. The summed E-state index contributed by atoms with van der Waals surface area (Å²) in [5, 5.41) is 10.2. The van der Waals surface area contributed by atoms with Crippen LogP contribution in [0.2, 0.25) is 0 Å². The van der Waals surface area contributed by atoms with E-state index in [4.69, 9.17) is 10.5 Å². The summed E-state index contributed by atoms with van der Waals surface area (Å²) in [6.45, 7) is 0.486. The Morgan fingerprint density at radius 1 is 1.17 bits per heavy atom. The Labute approximate surface area is 140 Å². The minimum Gasteiger partial charge on any atom is -0.481 e. The van der Waals surface area contributed by atoms with Gasteiger partial charge in [0.1, 0.15) is 6.07 Å². The van der Waals surface area contributed by atoms with E-state index >= 15 is 0 Å². The summed E-state index contributed by atoms with van der Waals surface area (Å²) in [5.41, 5.74) is 9.68. The average molecular weight is 327 g/mol. The second-order valence-electron chi connectivity index (χ2n) is 4.80. The lowest BCUT2D eigenvalue weighted by molar-refractivity contribution is 0.398. The molecule has 0 unspecified atom stereocenters. The average Bonchev–Trinajstić information content (AvgIpc) is 2.60. The Balaban J connectivity index is 0.00000192. The number of pyridine rings is 2. The molecule has 0 spiro atoms. The van der Waals surface area contributed by atoms with Crippen molar-refractivity contribution in [2.45, 2.75) is 6.54 Å². The van der Waals surface area contributed by atoms with E-state index in [0.29, 0.717) is 18.0 Å². The van der Waals surface area contributed by atoms with Crippen molar-refractivity contribution in [2.24, 2.45) is 5.73 Å². The van der Waals surface area contributed by atoms with Gasteiger partial charge in [-0.05, 0) is 11.1 Å². The molecule has 0 aliphatic carbocycles. The van der Waals surface area contributed by atoms with Crippen LogP contribution in [0.4, 0.5) is 0 Å². The predicted octanol–water partition coefficient (Wildman–Crippen LogP) is 3.06. The third-order valence-corrected chi connectivity index (χ3v) is 3.54. The molecule has 1 aromatic carbocycles. The van der Waals surface area contributed by atoms with Gasteiger partial charge in [-0.25, -0.2) is 4.98 Å². The number of fused-ring (bicyclic) bond motifs is 1. The second kappa shape index (κ2) is 7.05. The minimum atomic E-state index is 0. The fraction of sp³-hybridized carbons (Fsp3) is 0.118. The second-order valence-corrected chi connectivity index (χ2v) is 4.80. The molecule has 3 rings (SSSR count). The summed E-state index contributed by atoms with van der Waals surface area (Å²) in [6, 6.07) is 11.8. The molecule has 0 aliphatic heterocycles. The number of nitrogens with two attached hydrogens (primary N) is 1. The molecule has 0 fully saturated rings. The van der Waals surface area contributed by atoms with Crippen LogP contribution in [0.5, 0.6) is 5.88 Å². The van der Waals surface area contributed by atoms with Crippen molar-refractivity contribution in [3.8, 4) is 23.1 Å². The van der Waals surface area contributed by atoms with E-state index in [-0.39, 0.29) is 12.4 Å². The van der Waals surface area contributed by atoms with Crippen molar-refractivity contribution in [3.63, 3.8) is 0 Å². The molecule has 0 aliphatic rings. The summed E-state index contributed by atoms with van der Waals surface area (Å²) >= 11 is 0. The Bertz CT molecular complexity index is 872. The van der Waals surface area contributed by atoms with Crippen LogP contribution in [0.3, 0.4) is 0 Å². The first kappa shape index (κ1) is 16.7. The maximum atomic E-state index is 9.41. The van der Waals surface area contributed by atoms with Gasteiger partial charge in [0.15, 0.2) is 0 Å². The summed E-state index contributed by atoms with van der Waals surface area (Å²) in [7, 11) is 1.56. The molecule has 0 amide bonds. The van der Waals surface area contributed by atoms with Crippen LogP contribution < -0.4 is 10.5 Å². The smallest absolute Gasteiger partial charge is 0.213 e. The van der Waals surface area contributed by atoms with Crippen molar-refractivity contribution in [1.29, 1.82) is 5.26 Å². The number of hydrogen-bond acceptors (Lipinski definition) is 5. The van der Waals surface area contributed by atoms with Gasteiger partial charge in [0, 0.05) is 29.8 Å². The van der Waals surface area contributed by atoms with Gasteiger partial charge < -0.3 is 10.5 Å². The first-order valence-corrected chi connectivity index (χ1v) is 6.79. The molecule has 3 aromatic rings. The summed E-state index contributed by atoms with van der Waals surface area (Å²) < 4.78 is 5.18. The zero-order valence-electron chi connectivity index (χ0n) is 12.5. The van der Waals surface area contributed by atoms with Gasteiger partial charge in [0.2, 0.25) is 5.88 Å². The SMILES string of the molecule is COc1cc2c(-c3ccc(CN)cc3)c(C#N)cnc2cn1.Cl. The molecule has 0 saturated carbocycles. The number of nitriles is 1. The lowest BCUT2D eigenvalue weighted by Gasteiger charge is -2.10. The van der Waals surface area contributed by atoms with Crippen LogP contribution in [-0.2, 0) is 6.54 Å². The van der Waals surface area contributed by atoms with E-state index in [1.54, 1.807) is 25.6 Å². The molecule has 0 bridgehead atoms. The molecule has 2 N–H and O–H groups in total. The molecule has 23 heavy (non-hydrogen) atoms. The highest BCUT2D eigenvalue weighted by atomic mass is 35.5. The molecular formula is C17H15ClN4O. The summed E-state index contributed by atoms with van der Waals surface area (Å²) in [4.78, 5) is 8.45. The number of ether oxygens (including phenoxy) is 1. The van der Waals surface area contributed by atoms with Gasteiger partial charge in [-0.3, -0.25) is 4.98 Å². The van der Waals surface area contributed by atoms with Crippen molar-refractivity contribution >= 4 is 23.3 Å². The van der Waals surface area contributed by atoms with Gasteiger partial charge in [-0.1, -0.05) is 24.3 Å². The zero-order chi connectivity index (χ0) is 15.5. The third kappa shape index (κ3) is 3.09. The molecule has 0 saturated heterocycles. The van der Waals surface area contributed by atoms with Gasteiger partial charge in [0.05, 0.1) is 24.4 Å². The third-order valence-electron chi connectivity index (χ3n) is 3.54. The molecular weight excluding hydrogens is 312 g/mol. The van der Waals surface area contributed by atoms with Crippen molar-refractivity contribution < 1.29 is 4.74 Å². The molecule has 0 atom stereocenters. The lowest BCUT2D eigenvalue weighted by atomic mass is 9.97. The van der Waals surface area contributed by atoms with Crippen LogP contribution >= 0.6 is 12.4 Å². The van der Waals surface area contributed by atoms with Crippen molar-refractivity contribution in [1.82, 2.24) is 9.97 Å². The Kier molecular flexibility index (Phi) is 5.12. The Morgan fingerprint density at radius 3 is 2.52 bits per heavy atom. The lowest BCUT2D eigenvalue weighted by Crippen LogP contribution is -1.96. The Morgan fingerprint density at radius 2 is 1.91 bits per heavy atom. The van der Waals surface area contributed by atoms with Crippen molar-refractivity contribution in [2.75, 3.05) is 7.11 Å². The standard InChI is InChI=1S/C17H14N4O.ClH/c1-22-16-6-14-15(10-21-16)20-9-13(8-19)17(14)12-4-2-11(7-18)3-5-12;/h2-6,9-10H,7,18H2,1H3;1H. The molecule has 0 radical (unpaired) electrons. The Hall–Kier alpha value is -2.68. The maximum absolute atomic E-state index is 9.41. The molecule has 2 heterocycles. The molecule has 5 nitrogen and oxygen atoms in total. The monoisotopic (exact) mass is 326 g/mol. The molecule has 6 heteroatoms. The fourth-order valence-corrected chi connectivity index (χ4v) is 2.39. The number of benzene rings is 1. The van der Waals surface area contributed by atoms with Crippen LogP contribution in [0.15, 0.2) is 42.7 Å². The predicted molar refractivity (Wildman–Crippen MR) is 91.4 cm³/mol. The van der Waals surface area contributed by atoms with E-state index in [1.807, 2.05) is 24.3 Å². The normalized spacial score (nSPS) is 9.96. The maximum Gasteiger partial charge on any atom is 0.213 e. The van der Waals surface area contributed by atoms with Gasteiger partial charge >= 0.3 is 0 Å². The first-order valence-electron chi connectivity index (χ1n) is 6.79. The number of hydrogen-bond donors (Lipinski definition) is 1. The van der Waals surface area contributed by atoms with E-state index < -0.39 is 0 Å². The summed E-state index contributed by atoms with van der Waals surface area (Å²) in [6.07, 6.45) is 3.22. The van der Waals surface area contributed by atoms with Crippen molar-refractivity contribution in [3.05, 3.63) is 53.9 Å². The number of rotatable bonds is 3. The topological polar surface area (TPSA) is 84.8 Å². The quantitative estimate of drug-likeness (QED) is 0.799. The van der Waals surface area contributed by atoms with Gasteiger partial charge in [0.25, 0.3) is 0 Å². The van der Waals surface area contributed by atoms with E-state index in [0.717, 1.165) is 27.6 Å². The zero-order valence-corrected chi connectivity index (χ0v) is 13.3. The van der Waals surface area contributed by atoms with Gasteiger partial charge in [-0.15, -0.1) is 12.4 Å². The van der Waals surface area contributed by atoms with Crippen LogP contribution in [0.25, 0.3) is 22.0 Å². The van der Waals surface area contributed by atoms with E-state index in [1.165, 1.54) is 0 Å². The van der Waals surface area contributed by atoms with Crippen LogP contribution in [-0.4, -0.2) is 17.1 Å². The number of nitrogens with zero attached hydrogens (tertiary/aromatic N) is 3. The molecule has 2 aromatic heterocycles. The van der Waals surface area contributed by atoms with Crippen LogP contribution in [0, 0.1) is 11.3 Å². The number of methoxy groups -OCH3 is 1. The van der Waals surface area contributed by atoms with Crippen LogP contribution in [0.1, 0.15) is 11.1 Å². The summed E-state index contributed by atoms with van der Waals surface area (Å²) in [5.74, 6) is 0.490. The molecule has 116 valence electrons. The highest BCUT2D eigenvalue weighted by Crippen LogP contribution is 2.32. The van der Waals surface area contributed by atoms with Gasteiger partial charge in [-0.2, -0.15) is 5.26 Å². The minimum absolute atomic E-state index is 0. The largest absolute Gasteiger partial charge is 0.481 e. The fourth-order valence-electron chi connectivity index (χ4n) is 2.39. The van der Waals surface area contributed by atoms with E-state index in [2.05, 4.69) is 16.0 Å². The first-order chi connectivity index (χ1) is 10.8. The number of halogens is 1.